The van der Waals surface area contributed by atoms with E-state index in [9.17, 15) is 4.79 Å². The van der Waals surface area contributed by atoms with Gasteiger partial charge in [0.15, 0.2) is 0 Å². The summed E-state index contributed by atoms with van der Waals surface area (Å²) in [7, 11) is 4.15. The lowest BCUT2D eigenvalue weighted by Gasteiger charge is -2.28. The summed E-state index contributed by atoms with van der Waals surface area (Å²) in [4.78, 5) is 13.3. The molecule has 0 atom stereocenters. The molecule has 1 N–H and O–H groups in total. The first-order valence-electron chi connectivity index (χ1n) is 7.94. The summed E-state index contributed by atoms with van der Waals surface area (Å²) >= 11 is 0. The quantitative estimate of drug-likeness (QED) is 0.923. The fourth-order valence-corrected chi connectivity index (χ4v) is 1.98. The first kappa shape index (κ1) is 18.5. The Labute approximate surface area is 134 Å². The average Bonchev–Trinajstić information content (AvgIpc) is 2.33. The van der Waals surface area contributed by atoms with E-state index in [1.807, 2.05) is 26.8 Å². The zero-order valence-corrected chi connectivity index (χ0v) is 14.6. The number of hydrogen-bond acceptors (Lipinski definition) is 3. The zero-order chi connectivity index (χ0) is 16.6. The molecule has 0 saturated heterocycles. The largest absolute Gasteiger partial charge is 0.444 e. The Hall–Kier alpha value is -1.55. The number of ether oxygens (including phenoxy) is 1. The highest BCUT2D eigenvalue weighted by atomic mass is 16.6. The van der Waals surface area contributed by atoms with E-state index in [2.05, 4.69) is 48.6 Å². The first-order chi connectivity index (χ1) is 10.3. The molecule has 0 aromatic heterocycles. The molecule has 1 saturated carbocycles. The Kier molecular flexibility index (Phi) is 7.39. The predicted molar refractivity (Wildman–Crippen MR) is 90.8 cm³/mol. The van der Waals surface area contributed by atoms with Crippen LogP contribution in [0.1, 0.15) is 45.6 Å². The second kappa shape index (κ2) is 8.79. The fraction of sp³-hybridized carbons (Fsp3) is 0.611. The molecule has 22 heavy (non-hydrogen) atoms. The normalized spacial score (nSPS) is 14.6. The van der Waals surface area contributed by atoms with Crippen molar-refractivity contribution in [1.82, 2.24) is 10.2 Å². The summed E-state index contributed by atoms with van der Waals surface area (Å²) in [6.45, 7) is 6.63. The summed E-state index contributed by atoms with van der Waals surface area (Å²) in [5, 5.41) is 2.81. The van der Waals surface area contributed by atoms with E-state index in [4.69, 9.17) is 4.74 Å². The average molecular weight is 306 g/mol. The molecule has 124 valence electrons. The highest BCUT2D eigenvalue weighted by Crippen LogP contribution is 2.18. The maximum Gasteiger partial charge on any atom is 0.407 e. The molecule has 1 aliphatic carbocycles. The van der Waals surface area contributed by atoms with E-state index >= 15 is 0 Å². The molecule has 0 bridgehead atoms. The number of hydrogen-bond donors (Lipinski definition) is 1. The number of benzene rings is 1. The van der Waals surface area contributed by atoms with Crippen LogP contribution in [0.15, 0.2) is 30.3 Å². The smallest absolute Gasteiger partial charge is 0.407 e. The number of carbonyl (C=O) groups is 1. The Morgan fingerprint density at radius 3 is 2.23 bits per heavy atom. The van der Waals surface area contributed by atoms with Gasteiger partial charge in [0.1, 0.15) is 5.60 Å². The lowest BCUT2D eigenvalue weighted by Crippen LogP contribution is -2.42. The molecule has 0 unspecified atom stereocenters. The standard InChI is InChI=1S/C9H17NO2.C9H13N/c1-9(2,3)12-8(11)10-7-5-4-6-7;1-10(2)8-9-6-4-3-5-7-9/h7H,4-6H2,1-3H3,(H,10,11);3-7H,8H2,1-2H3. The summed E-state index contributed by atoms with van der Waals surface area (Å²) < 4.78 is 5.09. The third-order valence-electron chi connectivity index (χ3n) is 3.17. The van der Waals surface area contributed by atoms with Gasteiger partial charge in [-0.1, -0.05) is 30.3 Å². The summed E-state index contributed by atoms with van der Waals surface area (Å²) in [5.41, 5.74) is 0.987. The number of alkyl carbamates (subject to hydrolysis) is 1. The Morgan fingerprint density at radius 2 is 1.82 bits per heavy atom. The summed E-state index contributed by atoms with van der Waals surface area (Å²) in [5.74, 6) is 0. The van der Waals surface area contributed by atoms with Crippen LogP contribution >= 0.6 is 0 Å². The van der Waals surface area contributed by atoms with E-state index in [0.717, 1.165) is 19.4 Å². The molecule has 0 radical (unpaired) electrons. The molecule has 0 aliphatic heterocycles. The van der Waals surface area contributed by atoms with Gasteiger partial charge in [0, 0.05) is 12.6 Å². The van der Waals surface area contributed by atoms with Gasteiger partial charge >= 0.3 is 6.09 Å². The van der Waals surface area contributed by atoms with E-state index < -0.39 is 0 Å². The minimum atomic E-state index is -0.381. The van der Waals surface area contributed by atoms with Crippen molar-refractivity contribution in [3.05, 3.63) is 35.9 Å². The minimum absolute atomic E-state index is 0.285. The number of rotatable bonds is 3. The number of nitrogens with zero attached hydrogens (tertiary/aromatic N) is 1. The van der Waals surface area contributed by atoms with Gasteiger partial charge in [0.05, 0.1) is 0 Å². The minimum Gasteiger partial charge on any atom is -0.444 e. The second-order valence-corrected chi connectivity index (χ2v) is 7.00. The molecule has 0 heterocycles. The van der Waals surface area contributed by atoms with E-state index in [-0.39, 0.29) is 11.7 Å². The molecule has 1 aromatic carbocycles. The molecule has 2 rings (SSSR count). The highest BCUT2D eigenvalue weighted by molar-refractivity contribution is 5.68. The van der Waals surface area contributed by atoms with Crippen molar-refractivity contribution in [2.24, 2.45) is 0 Å². The first-order valence-corrected chi connectivity index (χ1v) is 7.94. The number of nitrogens with one attached hydrogen (secondary N) is 1. The number of carbonyl (C=O) groups excluding carboxylic acids is 1. The van der Waals surface area contributed by atoms with Crippen molar-refractivity contribution in [3.63, 3.8) is 0 Å². The van der Waals surface area contributed by atoms with Gasteiger partial charge in [0.2, 0.25) is 0 Å². The van der Waals surface area contributed by atoms with E-state index in [1.54, 1.807) is 0 Å². The van der Waals surface area contributed by atoms with Crippen molar-refractivity contribution >= 4 is 6.09 Å². The topological polar surface area (TPSA) is 41.6 Å². The van der Waals surface area contributed by atoms with Crippen LogP contribution in [0.5, 0.6) is 0 Å². The molecular formula is C18H30N2O2. The maximum atomic E-state index is 11.1. The van der Waals surface area contributed by atoms with Gasteiger partial charge in [-0.25, -0.2) is 4.79 Å². The van der Waals surface area contributed by atoms with Crippen molar-refractivity contribution in [2.45, 2.75) is 58.2 Å². The van der Waals surface area contributed by atoms with Crippen LogP contribution in [0, 0.1) is 0 Å². The van der Waals surface area contributed by atoms with Gasteiger partial charge in [-0.2, -0.15) is 0 Å². The van der Waals surface area contributed by atoms with Crippen molar-refractivity contribution in [2.75, 3.05) is 14.1 Å². The maximum absolute atomic E-state index is 11.1. The van der Waals surface area contributed by atoms with Gasteiger partial charge in [-0.15, -0.1) is 0 Å². The van der Waals surface area contributed by atoms with Crippen LogP contribution < -0.4 is 5.32 Å². The Morgan fingerprint density at radius 1 is 1.23 bits per heavy atom. The SMILES string of the molecule is CC(C)(C)OC(=O)NC1CCC1.CN(C)Cc1ccccc1. The van der Waals surface area contributed by atoms with E-state index in [0.29, 0.717) is 6.04 Å². The van der Waals surface area contributed by atoms with Crippen LogP contribution in [0.4, 0.5) is 4.79 Å². The lowest BCUT2D eigenvalue weighted by atomic mass is 9.93. The summed E-state index contributed by atoms with van der Waals surface area (Å²) in [6, 6.07) is 10.8. The fourth-order valence-electron chi connectivity index (χ4n) is 1.98. The van der Waals surface area contributed by atoms with Crippen LogP contribution in [0.2, 0.25) is 0 Å². The Balaban J connectivity index is 0.000000224. The van der Waals surface area contributed by atoms with Crippen molar-refractivity contribution < 1.29 is 9.53 Å². The zero-order valence-electron chi connectivity index (χ0n) is 14.6. The van der Waals surface area contributed by atoms with Crippen LogP contribution in [-0.2, 0) is 11.3 Å². The summed E-state index contributed by atoms with van der Waals surface area (Å²) in [6.07, 6.45) is 3.13. The molecule has 4 nitrogen and oxygen atoms in total. The van der Waals surface area contributed by atoms with Crippen LogP contribution in [0.25, 0.3) is 0 Å². The van der Waals surface area contributed by atoms with Crippen molar-refractivity contribution in [3.8, 4) is 0 Å². The van der Waals surface area contributed by atoms with Gasteiger partial charge in [-0.3, -0.25) is 0 Å². The molecule has 4 heteroatoms. The Bertz CT molecular complexity index is 434. The van der Waals surface area contributed by atoms with Gasteiger partial charge in [0.25, 0.3) is 0 Å². The van der Waals surface area contributed by atoms with Gasteiger partial charge < -0.3 is 15.0 Å². The predicted octanol–water partition coefficient (Wildman–Crippen LogP) is 3.81. The molecule has 1 amide bonds. The third kappa shape index (κ3) is 8.67. The number of amides is 1. The van der Waals surface area contributed by atoms with Crippen molar-refractivity contribution in [1.29, 1.82) is 0 Å². The van der Waals surface area contributed by atoms with Gasteiger partial charge in [-0.05, 0) is 59.7 Å². The highest BCUT2D eigenvalue weighted by Gasteiger charge is 2.22. The molecule has 1 fully saturated rings. The molecule has 1 aromatic rings. The monoisotopic (exact) mass is 306 g/mol. The van der Waals surface area contributed by atoms with E-state index in [1.165, 1.54) is 12.0 Å². The molecular weight excluding hydrogens is 276 g/mol. The van der Waals surface area contributed by atoms with Crippen LogP contribution in [0.3, 0.4) is 0 Å². The molecule has 1 aliphatic rings. The molecule has 0 spiro atoms. The third-order valence-corrected chi connectivity index (χ3v) is 3.17. The van der Waals surface area contributed by atoms with Crippen LogP contribution in [-0.4, -0.2) is 36.7 Å². The second-order valence-electron chi connectivity index (χ2n) is 7.00. The lowest BCUT2D eigenvalue weighted by molar-refractivity contribution is 0.0480.